The number of fused-ring (bicyclic) bond motifs is 4. The Kier molecular flexibility index (Phi) is 6.03. The van der Waals surface area contributed by atoms with Gasteiger partial charge in [0.25, 0.3) is 0 Å². The van der Waals surface area contributed by atoms with E-state index >= 15 is 0 Å². The normalized spacial score (nSPS) is 16.9. The molecule has 0 radical (unpaired) electrons. The van der Waals surface area contributed by atoms with Gasteiger partial charge >= 0.3 is 0 Å². The average Bonchev–Trinajstić information content (AvgIpc) is 3.42. The van der Waals surface area contributed by atoms with Crippen LogP contribution in [0.3, 0.4) is 0 Å². The molecule has 0 aliphatic carbocycles. The van der Waals surface area contributed by atoms with E-state index in [1.54, 1.807) is 0 Å². The quantitative estimate of drug-likeness (QED) is 0.224. The van der Waals surface area contributed by atoms with Gasteiger partial charge in [0.2, 0.25) is 0 Å². The van der Waals surface area contributed by atoms with Crippen molar-refractivity contribution in [1.29, 1.82) is 0 Å². The summed E-state index contributed by atoms with van der Waals surface area (Å²) >= 11 is 6.30. The molecule has 1 aromatic heterocycles. The Labute approximate surface area is 248 Å². The maximum atomic E-state index is 6.30. The van der Waals surface area contributed by atoms with Gasteiger partial charge in [0, 0.05) is 27.4 Å². The fourth-order valence-corrected chi connectivity index (χ4v) is 6.18. The number of hydrogen-bond donors (Lipinski definition) is 2. The third-order valence-electron chi connectivity index (χ3n) is 8.00. The predicted molar refractivity (Wildman–Crippen MR) is 173 cm³/mol. The predicted octanol–water partition coefficient (Wildman–Crippen LogP) is 9.40. The number of benzene rings is 6. The Morgan fingerprint density at radius 3 is 2.21 bits per heavy atom. The molecular formula is C37H26ClN3O. The van der Waals surface area contributed by atoms with Crippen LogP contribution in [0.25, 0.3) is 43.8 Å². The second-order valence-corrected chi connectivity index (χ2v) is 11.0. The van der Waals surface area contributed by atoms with Crippen molar-refractivity contribution in [3.63, 3.8) is 0 Å². The summed E-state index contributed by atoms with van der Waals surface area (Å²) in [5.74, 6) is 0.852. The van der Waals surface area contributed by atoms with Gasteiger partial charge in [-0.2, -0.15) is 0 Å². The van der Waals surface area contributed by atoms with E-state index in [1.807, 2.05) is 42.5 Å². The number of halogens is 1. The molecule has 0 saturated carbocycles. The van der Waals surface area contributed by atoms with Crippen molar-refractivity contribution in [3.8, 4) is 11.1 Å². The largest absolute Gasteiger partial charge is 0.456 e. The van der Waals surface area contributed by atoms with Gasteiger partial charge in [-0.1, -0.05) is 109 Å². The van der Waals surface area contributed by atoms with Gasteiger partial charge in [-0.05, 0) is 63.4 Å². The second kappa shape index (κ2) is 10.2. The summed E-state index contributed by atoms with van der Waals surface area (Å²) < 4.78 is 6.23. The zero-order valence-corrected chi connectivity index (χ0v) is 23.3. The highest BCUT2D eigenvalue weighted by molar-refractivity contribution is 6.31. The number of nitrogens with zero attached hydrogens (tertiary/aromatic N) is 1. The molecule has 2 N–H and O–H groups in total. The van der Waals surface area contributed by atoms with E-state index in [0.29, 0.717) is 5.02 Å². The van der Waals surface area contributed by atoms with E-state index in [0.717, 1.165) is 66.4 Å². The van der Waals surface area contributed by atoms with Crippen molar-refractivity contribution in [2.24, 2.45) is 4.99 Å². The van der Waals surface area contributed by atoms with Gasteiger partial charge < -0.3 is 9.73 Å². The molecule has 5 heteroatoms. The summed E-state index contributed by atoms with van der Waals surface area (Å²) in [5, 5.41) is 12.5. The lowest BCUT2D eigenvalue weighted by Gasteiger charge is -2.32. The lowest BCUT2D eigenvalue weighted by atomic mass is 9.93. The van der Waals surface area contributed by atoms with Crippen LogP contribution < -0.4 is 10.6 Å². The Balaban J connectivity index is 1.34. The van der Waals surface area contributed by atoms with Crippen molar-refractivity contribution in [3.05, 3.63) is 155 Å². The zero-order chi connectivity index (χ0) is 28.0. The van der Waals surface area contributed by atoms with Gasteiger partial charge in [-0.3, -0.25) is 5.32 Å². The van der Waals surface area contributed by atoms with E-state index in [9.17, 15) is 0 Å². The molecule has 2 unspecified atom stereocenters. The van der Waals surface area contributed by atoms with Crippen LogP contribution in [0.1, 0.15) is 29.0 Å². The van der Waals surface area contributed by atoms with Crippen molar-refractivity contribution < 1.29 is 4.42 Å². The SMILES string of the molecule is Clc1ccc2c(c1)oc1cccc(-c3cc(C4=NC(c5ccccc5)NC(c5ccccc5)N4)c4ccccc4c3)c12. The number of amidine groups is 1. The van der Waals surface area contributed by atoms with E-state index in [4.69, 9.17) is 21.0 Å². The van der Waals surface area contributed by atoms with Crippen molar-refractivity contribution >= 4 is 50.1 Å². The first kappa shape index (κ1) is 24.9. The van der Waals surface area contributed by atoms with E-state index < -0.39 is 0 Å². The fourth-order valence-electron chi connectivity index (χ4n) is 6.02. The highest BCUT2D eigenvalue weighted by Gasteiger charge is 2.26. The minimum atomic E-state index is -0.207. The van der Waals surface area contributed by atoms with Gasteiger partial charge in [-0.15, -0.1) is 0 Å². The summed E-state index contributed by atoms with van der Waals surface area (Å²) in [7, 11) is 0. The maximum absolute atomic E-state index is 6.30. The second-order valence-electron chi connectivity index (χ2n) is 10.6. The maximum Gasteiger partial charge on any atom is 0.136 e. The summed E-state index contributed by atoms with van der Waals surface area (Å²) in [5.41, 5.74) is 7.15. The highest BCUT2D eigenvalue weighted by atomic mass is 35.5. The average molecular weight is 564 g/mol. The molecule has 7 aromatic rings. The summed E-state index contributed by atoms with van der Waals surface area (Å²) in [6, 6.07) is 46.0. The van der Waals surface area contributed by atoms with Crippen molar-refractivity contribution in [2.75, 3.05) is 0 Å². The third kappa shape index (κ3) is 4.33. The van der Waals surface area contributed by atoms with Crippen LogP contribution in [0, 0.1) is 0 Å². The molecule has 6 aromatic carbocycles. The first-order valence-corrected chi connectivity index (χ1v) is 14.4. The molecule has 0 saturated heterocycles. The van der Waals surface area contributed by atoms with Crippen LogP contribution >= 0.6 is 11.6 Å². The molecule has 0 fully saturated rings. The molecule has 4 nitrogen and oxygen atoms in total. The van der Waals surface area contributed by atoms with Gasteiger partial charge in [0.15, 0.2) is 0 Å². The minimum Gasteiger partial charge on any atom is -0.456 e. The van der Waals surface area contributed by atoms with Crippen molar-refractivity contribution in [2.45, 2.75) is 12.3 Å². The molecule has 1 aliphatic rings. The lowest BCUT2D eigenvalue weighted by Crippen LogP contribution is -2.45. The molecule has 2 heterocycles. The number of nitrogens with one attached hydrogen (secondary N) is 2. The molecule has 8 rings (SSSR count). The fraction of sp³-hybridized carbons (Fsp3) is 0.0541. The first-order valence-electron chi connectivity index (χ1n) is 14.1. The van der Waals surface area contributed by atoms with Crippen LogP contribution in [-0.4, -0.2) is 5.84 Å². The van der Waals surface area contributed by atoms with Crippen molar-refractivity contribution in [1.82, 2.24) is 10.6 Å². The number of rotatable bonds is 4. The Bertz CT molecular complexity index is 2120. The van der Waals surface area contributed by atoms with E-state index in [-0.39, 0.29) is 12.3 Å². The first-order chi connectivity index (χ1) is 20.7. The van der Waals surface area contributed by atoms with Crippen LogP contribution in [-0.2, 0) is 0 Å². The van der Waals surface area contributed by atoms with Gasteiger partial charge in [-0.25, -0.2) is 4.99 Å². The Morgan fingerprint density at radius 2 is 1.38 bits per heavy atom. The number of furan rings is 1. The van der Waals surface area contributed by atoms with Crippen LogP contribution in [0.5, 0.6) is 0 Å². The standard InChI is InChI=1S/C37H26ClN3O/c38-27-18-19-30-33(22-27)42-32-17-9-16-29(34(30)32)26-20-25-14-7-8-15-28(25)31(21-26)37-40-35(23-10-3-1-4-11-23)39-36(41-37)24-12-5-2-6-13-24/h1-22,35-36,39H,(H,40,41). The molecule has 2 atom stereocenters. The minimum absolute atomic E-state index is 0.114. The Morgan fingerprint density at radius 1 is 0.619 bits per heavy atom. The molecular weight excluding hydrogens is 538 g/mol. The van der Waals surface area contributed by atoms with Crippen LogP contribution in [0.4, 0.5) is 0 Å². The van der Waals surface area contributed by atoms with Gasteiger partial charge in [0.05, 0.1) is 0 Å². The molecule has 0 spiro atoms. The summed E-state index contributed by atoms with van der Waals surface area (Å²) in [6.45, 7) is 0. The summed E-state index contributed by atoms with van der Waals surface area (Å²) in [4.78, 5) is 5.26. The highest BCUT2D eigenvalue weighted by Crippen LogP contribution is 2.39. The van der Waals surface area contributed by atoms with E-state index in [1.165, 1.54) is 0 Å². The smallest absolute Gasteiger partial charge is 0.136 e. The Hall–Kier alpha value is -4.90. The van der Waals surface area contributed by atoms with E-state index in [2.05, 4.69) is 102 Å². The molecule has 1 aliphatic heterocycles. The molecule has 0 amide bonds. The molecule has 0 bridgehead atoms. The molecule has 42 heavy (non-hydrogen) atoms. The van der Waals surface area contributed by atoms with Crippen LogP contribution in [0.15, 0.2) is 143 Å². The summed E-state index contributed by atoms with van der Waals surface area (Å²) in [6.07, 6.45) is -0.321. The number of aliphatic imine (C=N–C) groups is 1. The third-order valence-corrected chi connectivity index (χ3v) is 8.23. The van der Waals surface area contributed by atoms with Gasteiger partial charge in [0.1, 0.15) is 29.3 Å². The number of hydrogen-bond acceptors (Lipinski definition) is 4. The molecule has 202 valence electrons. The topological polar surface area (TPSA) is 49.6 Å². The monoisotopic (exact) mass is 563 g/mol. The lowest BCUT2D eigenvalue weighted by molar-refractivity contribution is 0.409. The van der Waals surface area contributed by atoms with Crippen LogP contribution in [0.2, 0.25) is 5.02 Å². The zero-order valence-electron chi connectivity index (χ0n) is 22.6.